The molecule has 1 heterocycles. The van der Waals surface area contributed by atoms with Crippen molar-refractivity contribution in [1.29, 1.82) is 0 Å². The van der Waals surface area contributed by atoms with Crippen LogP contribution in [0.15, 0.2) is 24.3 Å². The molecule has 19 heavy (non-hydrogen) atoms. The van der Waals surface area contributed by atoms with Gasteiger partial charge in [-0.25, -0.2) is 4.39 Å². The number of halogens is 1. The summed E-state index contributed by atoms with van der Waals surface area (Å²) in [7, 11) is 1.52. The second-order valence-electron chi connectivity index (χ2n) is 5.16. The highest BCUT2D eigenvalue weighted by Crippen LogP contribution is 2.41. The molecule has 1 aliphatic heterocycles. The van der Waals surface area contributed by atoms with E-state index in [0.29, 0.717) is 5.56 Å². The highest BCUT2D eigenvalue weighted by molar-refractivity contribution is 6.02. The second-order valence-corrected chi connectivity index (χ2v) is 5.16. The molecule has 1 aliphatic rings. The number of amides is 2. The van der Waals surface area contributed by atoms with Gasteiger partial charge in [-0.15, -0.1) is 0 Å². The average Bonchev–Trinajstić information content (AvgIpc) is 2.27. The maximum Gasteiger partial charge on any atom is 0.234 e. The zero-order chi connectivity index (χ0) is 14.0. The Morgan fingerprint density at radius 2 is 2.21 bits per heavy atom. The molecular formula is C14H16FNO3. The maximum atomic E-state index is 13.3. The van der Waals surface area contributed by atoms with Gasteiger partial charge >= 0.3 is 0 Å². The van der Waals surface area contributed by atoms with Gasteiger partial charge in [0.1, 0.15) is 5.82 Å². The fourth-order valence-electron chi connectivity index (χ4n) is 2.74. The van der Waals surface area contributed by atoms with Crippen molar-refractivity contribution in [3.05, 3.63) is 35.6 Å². The minimum Gasteiger partial charge on any atom is -0.384 e. The number of rotatable bonds is 3. The van der Waals surface area contributed by atoms with E-state index in [1.165, 1.54) is 19.2 Å². The number of nitrogens with one attached hydrogen (secondary N) is 1. The summed E-state index contributed by atoms with van der Waals surface area (Å²) in [5.41, 5.74) is -0.105. The van der Waals surface area contributed by atoms with Crippen LogP contribution in [-0.2, 0) is 14.3 Å². The van der Waals surface area contributed by atoms with Crippen LogP contribution in [0.2, 0.25) is 0 Å². The van der Waals surface area contributed by atoms with Gasteiger partial charge in [-0.05, 0) is 17.7 Å². The lowest BCUT2D eigenvalue weighted by atomic mass is 9.69. The minimum absolute atomic E-state index is 0.174. The summed E-state index contributed by atoms with van der Waals surface area (Å²) >= 11 is 0. The summed E-state index contributed by atoms with van der Waals surface area (Å²) in [6.45, 7) is 2.07. The molecule has 4 nitrogen and oxygen atoms in total. The molecule has 1 saturated heterocycles. The van der Waals surface area contributed by atoms with E-state index in [1.54, 1.807) is 12.1 Å². The molecule has 2 atom stereocenters. The average molecular weight is 265 g/mol. The van der Waals surface area contributed by atoms with Gasteiger partial charge in [-0.1, -0.05) is 19.1 Å². The van der Waals surface area contributed by atoms with Crippen molar-refractivity contribution >= 4 is 11.8 Å². The zero-order valence-corrected chi connectivity index (χ0v) is 10.9. The maximum absolute atomic E-state index is 13.3. The first-order valence-electron chi connectivity index (χ1n) is 6.04. The molecule has 0 saturated carbocycles. The fourth-order valence-corrected chi connectivity index (χ4v) is 2.74. The van der Waals surface area contributed by atoms with Crippen molar-refractivity contribution in [2.45, 2.75) is 19.3 Å². The molecule has 0 spiro atoms. The van der Waals surface area contributed by atoms with Crippen molar-refractivity contribution in [1.82, 2.24) is 5.32 Å². The third-order valence-electron chi connectivity index (χ3n) is 3.44. The van der Waals surface area contributed by atoms with Crippen LogP contribution in [0.3, 0.4) is 0 Å². The molecule has 1 fully saturated rings. The molecule has 0 bridgehead atoms. The summed E-state index contributed by atoms with van der Waals surface area (Å²) in [5, 5.41) is 2.31. The van der Waals surface area contributed by atoms with E-state index in [2.05, 4.69) is 5.32 Å². The van der Waals surface area contributed by atoms with E-state index in [0.717, 1.165) is 0 Å². The monoisotopic (exact) mass is 265 g/mol. The first-order chi connectivity index (χ1) is 8.96. The smallest absolute Gasteiger partial charge is 0.234 e. The topological polar surface area (TPSA) is 55.4 Å². The molecule has 0 aromatic heterocycles. The number of hydrogen-bond acceptors (Lipinski definition) is 3. The summed E-state index contributed by atoms with van der Waals surface area (Å²) in [6, 6.07) is 5.90. The highest BCUT2D eigenvalue weighted by atomic mass is 19.1. The van der Waals surface area contributed by atoms with Crippen LogP contribution in [0.1, 0.15) is 24.8 Å². The zero-order valence-electron chi connectivity index (χ0n) is 10.9. The van der Waals surface area contributed by atoms with Gasteiger partial charge in [0.15, 0.2) is 0 Å². The van der Waals surface area contributed by atoms with E-state index in [4.69, 9.17) is 4.74 Å². The number of benzene rings is 1. The Balaban J connectivity index is 2.43. The number of carbonyl (C=O) groups is 2. The number of imide groups is 1. The van der Waals surface area contributed by atoms with Crippen LogP contribution in [-0.4, -0.2) is 25.5 Å². The van der Waals surface area contributed by atoms with Crippen molar-refractivity contribution < 1.29 is 18.7 Å². The van der Waals surface area contributed by atoms with E-state index < -0.39 is 23.1 Å². The molecule has 1 N–H and O–H groups in total. The van der Waals surface area contributed by atoms with Gasteiger partial charge in [0.25, 0.3) is 0 Å². The molecule has 102 valence electrons. The van der Waals surface area contributed by atoms with Crippen LogP contribution < -0.4 is 5.32 Å². The van der Waals surface area contributed by atoms with Gasteiger partial charge in [0.05, 0.1) is 12.5 Å². The molecule has 2 rings (SSSR count). The molecule has 1 aromatic rings. The summed E-state index contributed by atoms with van der Waals surface area (Å²) < 4.78 is 18.5. The quantitative estimate of drug-likeness (QED) is 0.845. The van der Waals surface area contributed by atoms with E-state index in [9.17, 15) is 14.0 Å². The van der Waals surface area contributed by atoms with Gasteiger partial charge in [-0.3, -0.25) is 14.9 Å². The van der Waals surface area contributed by atoms with Crippen LogP contribution >= 0.6 is 0 Å². The third-order valence-corrected chi connectivity index (χ3v) is 3.44. The predicted molar refractivity (Wildman–Crippen MR) is 66.9 cm³/mol. The van der Waals surface area contributed by atoms with Gasteiger partial charge in [0.2, 0.25) is 11.8 Å². The van der Waals surface area contributed by atoms with Crippen LogP contribution in [0.5, 0.6) is 0 Å². The summed E-state index contributed by atoms with van der Waals surface area (Å²) in [5.74, 6) is -1.72. The Morgan fingerprint density at radius 3 is 2.84 bits per heavy atom. The fraction of sp³-hybridized carbons (Fsp3) is 0.429. The number of ether oxygens (including phenoxy) is 1. The Bertz CT molecular complexity index is 517. The Kier molecular flexibility index (Phi) is 3.66. The van der Waals surface area contributed by atoms with E-state index in [1.807, 2.05) is 6.92 Å². The Hall–Kier alpha value is -1.75. The molecule has 2 unspecified atom stereocenters. The Labute approximate surface area is 110 Å². The number of carbonyl (C=O) groups excluding carboxylic acids is 2. The van der Waals surface area contributed by atoms with Crippen molar-refractivity contribution in [3.8, 4) is 0 Å². The molecule has 0 radical (unpaired) electrons. The van der Waals surface area contributed by atoms with Crippen molar-refractivity contribution in [2.24, 2.45) is 5.41 Å². The first-order valence-corrected chi connectivity index (χ1v) is 6.04. The SMILES string of the molecule is COCC1(C)CC(=O)NC(=O)C1c1cccc(F)c1. The summed E-state index contributed by atoms with van der Waals surface area (Å²) in [6.07, 6.45) is 0.174. The third kappa shape index (κ3) is 2.66. The lowest BCUT2D eigenvalue weighted by Crippen LogP contribution is -2.51. The number of hydrogen-bond donors (Lipinski definition) is 1. The van der Waals surface area contributed by atoms with Gasteiger partial charge in [-0.2, -0.15) is 0 Å². The molecule has 2 amide bonds. The Morgan fingerprint density at radius 1 is 1.47 bits per heavy atom. The normalized spacial score (nSPS) is 27.2. The second kappa shape index (κ2) is 5.09. The standard InChI is InChI=1S/C14H16FNO3/c1-14(8-19-2)7-11(17)16-13(18)12(14)9-4-3-5-10(15)6-9/h3-6,12H,7-8H2,1-2H3,(H,16,17,18). The lowest BCUT2D eigenvalue weighted by molar-refractivity contribution is -0.141. The molecule has 5 heteroatoms. The van der Waals surface area contributed by atoms with Crippen molar-refractivity contribution in [2.75, 3.05) is 13.7 Å². The number of methoxy groups -OCH3 is 1. The largest absolute Gasteiger partial charge is 0.384 e. The van der Waals surface area contributed by atoms with Crippen LogP contribution in [0, 0.1) is 11.2 Å². The highest BCUT2D eigenvalue weighted by Gasteiger charge is 2.46. The molecular weight excluding hydrogens is 249 g/mol. The predicted octanol–water partition coefficient (Wildman–Crippen LogP) is 1.61. The summed E-state index contributed by atoms with van der Waals surface area (Å²) in [4.78, 5) is 23.6. The minimum atomic E-state index is -0.665. The van der Waals surface area contributed by atoms with E-state index in [-0.39, 0.29) is 18.9 Å². The molecule has 1 aromatic carbocycles. The number of piperidine rings is 1. The molecule has 0 aliphatic carbocycles. The van der Waals surface area contributed by atoms with Crippen LogP contribution in [0.4, 0.5) is 4.39 Å². The van der Waals surface area contributed by atoms with Gasteiger partial charge < -0.3 is 4.74 Å². The lowest BCUT2D eigenvalue weighted by Gasteiger charge is -2.39. The first kappa shape index (κ1) is 13.7. The van der Waals surface area contributed by atoms with Crippen molar-refractivity contribution in [3.63, 3.8) is 0 Å². The van der Waals surface area contributed by atoms with E-state index >= 15 is 0 Å². The van der Waals surface area contributed by atoms with Crippen LogP contribution in [0.25, 0.3) is 0 Å². The van der Waals surface area contributed by atoms with Gasteiger partial charge in [0, 0.05) is 18.9 Å².